The number of ether oxygens (including phenoxy) is 1. The van der Waals surface area contributed by atoms with Crippen molar-refractivity contribution in [2.24, 2.45) is 0 Å². The van der Waals surface area contributed by atoms with E-state index in [2.05, 4.69) is 0 Å². The van der Waals surface area contributed by atoms with Crippen molar-refractivity contribution in [3.63, 3.8) is 0 Å². The Labute approximate surface area is 110 Å². The summed E-state index contributed by atoms with van der Waals surface area (Å²) in [5.41, 5.74) is -0.868. The van der Waals surface area contributed by atoms with Gasteiger partial charge in [-0.05, 0) is 26.8 Å². The van der Waals surface area contributed by atoms with Gasteiger partial charge < -0.3 is 14.4 Å². The minimum absolute atomic E-state index is 0.0290. The number of aliphatic hydroxyl groups excluding tert-OH is 1. The lowest BCUT2D eigenvalue weighted by molar-refractivity contribution is -0.387. The molecule has 7 nitrogen and oxygen atoms in total. The molecule has 1 heterocycles. The number of aromatic nitrogens is 1. The van der Waals surface area contributed by atoms with E-state index in [0.717, 1.165) is 4.57 Å². The van der Waals surface area contributed by atoms with Crippen LogP contribution in [0.15, 0.2) is 17.1 Å². The third kappa shape index (κ3) is 4.15. The highest BCUT2D eigenvalue weighted by molar-refractivity contribution is 5.35. The Hall–Kier alpha value is -1.73. The quantitative estimate of drug-likeness (QED) is 0.611. The summed E-state index contributed by atoms with van der Waals surface area (Å²) in [6.45, 7) is 5.20. The fourth-order valence-electron chi connectivity index (χ4n) is 1.60. The molecule has 0 saturated heterocycles. The summed E-state index contributed by atoms with van der Waals surface area (Å²) in [6, 6.07) is 1.48. The number of aryl methyl sites for hydroxylation is 1. The van der Waals surface area contributed by atoms with Crippen molar-refractivity contribution < 1.29 is 14.8 Å². The van der Waals surface area contributed by atoms with Crippen LogP contribution in [0.5, 0.6) is 0 Å². The van der Waals surface area contributed by atoms with Crippen LogP contribution < -0.4 is 5.56 Å². The van der Waals surface area contributed by atoms with Crippen molar-refractivity contribution in [1.29, 1.82) is 0 Å². The average molecular weight is 270 g/mol. The van der Waals surface area contributed by atoms with Crippen LogP contribution >= 0.6 is 0 Å². The fourth-order valence-corrected chi connectivity index (χ4v) is 1.60. The maximum Gasteiger partial charge on any atom is 0.336 e. The first-order valence-electron chi connectivity index (χ1n) is 5.97. The van der Waals surface area contributed by atoms with Crippen LogP contribution in [0.25, 0.3) is 0 Å². The summed E-state index contributed by atoms with van der Waals surface area (Å²) in [6.07, 6.45) is 0.518. The predicted molar refractivity (Wildman–Crippen MR) is 69.2 cm³/mol. The second-order valence-corrected chi connectivity index (χ2v) is 4.60. The first-order valence-corrected chi connectivity index (χ1v) is 5.97. The maximum absolute atomic E-state index is 11.9. The Morgan fingerprint density at radius 3 is 2.68 bits per heavy atom. The highest BCUT2D eigenvalue weighted by Gasteiger charge is 2.19. The summed E-state index contributed by atoms with van der Waals surface area (Å²) in [5, 5.41) is 20.5. The monoisotopic (exact) mass is 270 g/mol. The van der Waals surface area contributed by atoms with Crippen LogP contribution in [-0.4, -0.2) is 33.4 Å². The molecule has 0 amide bonds. The van der Waals surface area contributed by atoms with Gasteiger partial charge in [0.1, 0.15) is 0 Å². The average Bonchev–Trinajstić information content (AvgIpc) is 2.30. The number of hydrogen-bond acceptors (Lipinski definition) is 5. The zero-order chi connectivity index (χ0) is 14.6. The molecular formula is C12H18N2O5. The normalized spacial score (nSPS) is 12.7. The molecule has 0 radical (unpaired) electrons. The Kier molecular flexibility index (Phi) is 5.20. The molecule has 1 unspecified atom stereocenters. The molecule has 1 aromatic heterocycles. The molecule has 0 aliphatic carbocycles. The molecule has 1 rings (SSSR count). The van der Waals surface area contributed by atoms with Crippen LogP contribution in [0.2, 0.25) is 0 Å². The molecule has 0 aliphatic rings. The maximum atomic E-state index is 11.9. The molecule has 0 aliphatic heterocycles. The Balaban J connectivity index is 2.88. The largest absolute Gasteiger partial charge is 0.389 e. The van der Waals surface area contributed by atoms with Gasteiger partial charge in [-0.1, -0.05) is 0 Å². The third-order valence-electron chi connectivity index (χ3n) is 2.55. The van der Waals surface area contributed by atoms with E-state index in [-0.39, 0.29) is 19.3 Å². The van der Waals surface area contributed by atoms with E-state index >= 15 is 0 Å². The van der Waals surface area contributed by atoms with E-state index in [1.165, 1.54) is 19.2 Å². The highest BCUT2D eigenvalue weighted by atomic mass is 16.6. The van der Waals surface area contributed by atoms with Gasteiger partial charge in [0.25, 0.3) is 0 Å². The van der Waals surface area contributed by atoms with E-state index in [4.69, 9.17) is 4.74 Å². The molecular weight excluding hydrogens is 252 g/mol. The van der Waals surface area contributed by atoms with Crippen molar-refractivity contribution in [2.45, 2.75) is 39.5 Å². The van der Waals surface area contributed by atoms with Gasteiger partial charge in [-0.2, -0.15) is 0 Å². The number of rotatable bonds is 6. The van der Waals surface area contributed by atoms with Gasteiger partial charge in [0.2, 0.25) is 0 Å². The Morgan fingerprint density at radius 1 is 1.53 bits per heavy atom. The zero-order valence-corrected chi connectivity index (χ0v) is 11.2. The van der Waals surface area contributed by atoms with E-state index in [9.17, 15) is 20.0 Å². The molecule has 7 heteroatoms. The summed E-state index contributed by atoms with van der Waals surface area (Å²) in [7, 11) is 0. The van der Waals surface area contributed by atoms with Crippen LogP contribution in [0.4, 0.5) is 5.69 Å². The van der Waals surface area contributed by atoms with Gasteiger partial charge in [-0.3, -0.25) is 14.9 Å². The van der Waals surface area contributed by atoms with Crippen molar-refractivity contribution in [2.75, 3.05) is 6.61 Å². The molecule has 0 spiro atoms. The van der Waals surface area contributed by atoms with Gasteiger partial charge in [-0.25, -0.2) is 0 Å². The van der Waals surface area contributed by atoms with Crippen LogP contribution in [0.1, 0.15) is 19.4 Å². The van der Waals surface area contributed by atoms with E-state index < -0.39 is 22.3 Å². The summed E-state index contributed by atoms with van der Waals surface area (Å²) < 4.78 is 6.34. The fraction of sp³-hybridized carbons (Fsp3) is 0.583. The number of hydrogen-bond donors (Lipinski definition) is 1. The molecule has 0 aromatic carbocycles. The zero-order valence-electron chi connectivity index (χ0n) is 11.2. The predicted octanol–water partition coefficient (Wildman–Crippen LogP) is 0.851. The molecule has 106 valence electrons. The number of nitro groups is 1. The number of pyridine rings is 1. The molecule has 1 N–H and O–H groups in total. The second-order valence-electron chi connectivity index (χ2n) is 4.60. The molecule has 19 heavy (non-hydrogen) atoms. The van der Waals surface area contributed by atoms with Gasteiger partial charge >= 0.3 is 11.2 Å². The Morgan fingerprint density at radius 2 is 2.16 bits per heavy atom. The van der Waals surface area contributed by atoms with Gasteiger partial charge in [0.15, 0.2) is 0 Å². The molecule has 0 bridgehead atoms. The Bertz CT molecular complexity index is 509. The standard InChI is InChI=1S/C12H18N2O5/c1-8(2)19-7-10(15)6-13-5-4-9(3)11(12(13)16)14(17)18/h4-5,8,10,15H,6-7H2,1-3H3. The van der Waals surface area contributed by atoms with E-state index in [0.29, 0.717) is 5.56 Å². The van der Waals surface area contributed by atoms with Crippen LogP contribution in [0.3, 0.4) is 0 Å². The van der Waals surface area contributed by atoms with Gasteiger partial charge in [0, 0.05) is 11.8 Å². The first-order chi connectivity index (χ1) is 8.82. The van der Waals surface area contributed by atoms with E-state index in [1.807, 2.05) is 13.8 Å². The topological polar surface area (TPSA) is 94.6 Å². The van der Waals surface area contributed by atoms with Crippen LogP contribution in [0, 0.1) is 17.0 Å². The van der Waals surface area contributed by atoms with Gasteiger partial charge in [0.05, 0.1) is 30.3 Å². The van der Waals surface area contributed by atoms with Crippen molar-refractivity contribution in [3.05, 3.63) is 38.3 Å². The SMILES string of the molecule is Cc1ccn(CC(O)COC(C)C)c(=O)c1[N+](=O)[O-]. The highest BCUT2D eigenvalue weighted by Crippen LogP contribution is 2.10. The molecule has 0 fully saturated rings. The molecule has 1 aromatic rings. The van der Waals surface area contributed by atoms with Crippen LogP contribution in [-0.2, 0) is 11.3 Å². The lowest BCUT2D eigenvalue weighted by Gasteiger charge is -2.14. The minimum atomic E-state index is -0.887. The lowest BCUT2D eigenvalue weighted by atomic mass is 10.2. The number of aliphatic hydroxyl groups is 1. The first kappa shape index (κ1) is 15.3. The van der Waals surface area contributed by atoms with Gasteiger partial charge in [-0.15, -0.1) is 0 Å². The summed E-state index contributed by atoms with van der Waals surface area (Å²) in [4.78, 5) is 22.0. The molecule has 1 atom stereocenters. The second kappa shape index (κ2) is 6.44. The molecule has 0 saturated carbocycles. The van der Waals surface area contributed by atoms with E-state index in [1.54, 1.807) is 0 Å². The summed E-state index contributed by atoms with van der Waals surface area (Å²) in [5.74, 6) is 0. The smallest absolute Gasteiger partial charge is 0.336 e. The third-order valence-corrected chi connectivity index (χ3v) is 2.55. The lowest BCUT2D eigenvalue weighted by Crippen LogP contribution is -2.31. The summed E-state index contributed by atoms with van der Waals surface area (Å²) >= 11 is 0. The minimum Gasteiger partial charge on any atom is -0.389 e. The number of nitrogens with zero attached hydrogens (tertiary/aromatic N) is 2. The van der Waals surface area contributed by atoms with Crippen molar-refractivity contribution in [1.82, 2.24) is 4.57 Å². The van der Waals surface area contributed by atoms with Crippen molar-refractivity contribution in [3.8, 4) is 0 Å². The van der Waals surface area contributed by atoms with Crippen molar-refractivity contribution >= 4 is 5.69 Å².